The third-order valence-electron chi connectivity index (χ3n) is 4.33. The lowest BCUT2D eigenvalue weighted by atomic mass is 10.1. The van der Waals surface area contributed by atoms with Gasteiger partial charge in [0, 0.05) is 21.5 Å². The number of benzene rings is 2. The van der Waals surface area contributed by atoms with Crippen LogP contribution in [0.4, 0.5) is 13.2 Å². The van der Waals surface area contributed by atoms with E-state index in [1.807, 2.05) is 0 Å². The van der Waals surface area contributed by atoms with Gasteiger partial charge in [0.25, 0.3) is 0 Å². The Morgan fingerprint density at radius 3 is 2.59 bits per heavy atom. The highest BCUT2D eigenvalue weighted by Gasteiger charge is 2.31. The summed E-state index contributed by atoms with van der Waals surface area (Å²) < 4.78 is 51.0. The number of halogens is 5. The first kappa shape index (κ1) is 23.7. The Hall–Kier alpha value is -2.97. The van der Waals surface area contributed by atoms with E-state index in [-0.39, 0.29) is 24.5 Å². The maximum Gasteiger partial charge on any atom is 0.416 e. The summed E-state index contributed by atoms with van der Waals surface area (Å²) in [6.45, 7) is 4.90. The Labute approximate surface area is 191 Å². The van der Waals surface area contributed by atoms with Crippen LogP contribution in [-0.2, 0) is 27.0 Å². The van der Waals surface area contributed by atoms with Crippen molar-refractivity contribution in [2.75, 3.05) is 6.79 Å². The van der Waals surface area contributed by atoms with E-state index in [9.17, 15) is 18.0 Å². The molecule has 0 fully saturated rings. The fourth-order valence-electron chi connectivity index (χ4n) is 2.81. The SMILES string of the molecule is C=C(C)OCOC(=O)/C=C/c1nn(Cc2ccc(Cl)cc2Cl)c2cc(C(F)(F)F)ccc12. The molecule has 1 aromatic heterocycles. The van der Waals surface area contributed by atoms with Crippen molar-refractivity contribution in [2.45, 2.75) is 19.6 Å². The predicted octanol–water partition coefficient (Wildman–Crippen LogP) is 6.47. The van der Waals surface area contributed by atoms with Crippen molar-refractivity contribution in [3.8, 4) is 0 Å². The van der Waals surface area contributed by atoms with Gasteiger partial charge in [-0.1, -0.05) is 35.8 Å². The van der Waals surface area contributed by atoms with Crippen LogP contribution in [0.1, 0.15) is 23.7 Å². The van der Waals surface area contributed by atoms with Gasteiger partial charge in [0.1, 0.15) is 0 Å². The predicted molar refractivity (Wildman–Crippen MR) is 116 cm³/mol. The molecule has 3 aromatic rings. The van der Waals surface area contributed by atoms with E-state index in [1.54, 1.807) is 19.1 Å². The first-order valence-corrected chi connectivity index (χ1v) is 9.95. The van der Waals surface area contributed by atoms with Crippen molar-refractivity contribution in [3.05, 3.63) is 81.7 Å². The van der Waals surface area contributed by atoms with E-state index in [0.29, 0.717) is 26.8 Å². The summed E-state index contributed by atoms with van der Waals surface area (Å²) in [5.41, 5.74) is 0.311. The summed E-state index contributed by atoms with van der Waals surface area (Å²) in [5, 5.41) is 5.58. The molecule has 0 spiro atoms. The molecule has 0 aliphatic rings. The zero-order chi connectivity index (χ0) is 23.5. The van der Waals surface area contributed by atoms with Crippen LogP contribution in [0.15, 0.2) is 54.8 Å². The van der Waals surface area contributed by atoms with Gasteiger partial charge in [-0.2, -0.15) is 18.3 Å². The number of carbonyl (C=O) groups is 1. The van der Waals surface area contributed by atoms with Gasteiger partial charge in [0.15, 0.2) is 0 Å². The number of esters is 1. The van der Waals surface area contributed by atoms with Crippen LogP contribution in [-0.4, -0.2) is 22.5 Å². The summed E-state index contributed by atoms with van der Waals surface area (Å²) in [7, 11) is 0. The number of hydrogen-bond donors (Lipinski definition) is 0. The van der Waals surface area contributed by atoms with E-state index < -0.39 is 17.7 Å². The lowest BCUT2D eigenvalue weighted by Crippen LogP contribution is -2.06. The highest BCUT2D eigenvalue weighted by Crippen LogP contribution is 2.33. The molecule has 2 aromatic carbocycles. The molecule has 0 aliphatic heterocycles. The molecule has 0 atom stereocenters. The molecule has 0 N–H and O–H groups in total. The van der Waals surface area contributed by atoms with Gasteiger partial charge < -0.3 is 9.47 Å². The maximum absolute atomic E-state index is 13.3. The number of allylic oxidation sites excluding steroid dienone is 1. The van der Waals surface area contributed by atoms with E-state index >= 15 is 0 Å². The van der Waals surface area contributed by atoms with Gasteiger partial charge in [-0.15, -0.1) is 0 Å². The molecule has 0 radical (unpaired) electrons. The van der Waals surface area contributed by atoms with Crippen LogP contribution in [0, 0.1) is 0 Å². The average Bonchev–Trinajstić information content (AvgIpc) is 3.04. The van der Waals surface area contributed by atoms with Crippen LogP contribution in [0.5, 0.6) is 0 Å². The van der Waals surface area contributed by atoms with Crippen LogP contribution in [0.25, 0.3) is 17.0 Å². The molecule has 3 rings (SSSR count). The van der Waals surface area contributed by atoms with Crippen molar-refractivity contribution in [1.29, 1.82) is 0 Å². The fraction of sp³-hybridized carbons (Fsp3) is 0.182. The standard InChI is InChI=1S/C22H17Cl2F3N2O3/c1-13(2)31-12-32-21(30)8-7-19-17-6-4-15(22(25,26)27)9-20(17)29(28-19)11-14-3-5-16(23)10-18(14)24/h3-10H,1,11-12H2,2H3/b8-7+. The summed E-state index contributed by atoms with van der Waals surface area (Å²) >= 11 is 12.1. The first-order chi connectivity index (χ1) is 15.0. The highest BCUT2D eigenvalue weighted by molar-refractivity contribution is 6.35. The van der Waals surface area contributed by atoms with Gasteiger partial charge in [-0.3, -0.25) is 4.68 Å². The number of carbonyl (C=O) groups excluding carboxylic acids is 1. The number of aromatic nitrogens is 2. The molecule has 10 heteroatoms. The highest BCUT2D eigenvalue weighted by atomic mass is 35.5. The van der Waals surface area contributed by atoms with E-state index in [0.717, 1.165) is 18.2 Å². The van der Waals surface area contributed by atoms with Crippen LogP contribution in [0.2, 0.25) is 10.0 Å². The van der Waals surface area contributed by atoms with Crippen molar-refractivity contribution in [2.24, 2.45) is 0 Å². The number of hydrogen-bond acceptors (Lipinski definition) is 4. The fourth-order valence-corrected chi connectivity index (χ4v) is 3.28. The lowest BCUT2D eigenvalue weighted by molar-refractivity contribution is -0.147. The van der Waals surface area contributed by atoms with Crippen LogP contribution in [0.3, 0.4) is 0 Å². The van der Waals surface area contributed by atoms with Gasteiger partial charge in [0.2, 0.25) is 6.79 Å². The molecule has 0 bridgehead atoms. The molecule has 1 heterocycles. The molecular weight excluding hydrogens is 468 g/mol. The third-order valence-corrected chi connectivity index (χ3v) is 4.91. The minimum absolute atomic E-state index is 0.0958. The number of ether oxygens (including phenoxy) is 2. The molecule has 0 saturated carbocycles. The Balaban J connectivity index is 1.97. The smallest absolute Gasteiger partial charge is 0.416 e. The van der Waals surface area contributed by atoms with Crippen molar-refractivity contribution in [3.63, 3.8) is 0 Å². The van der Waals surface area contributed by atoms with Gasteiger partial charge in [0.05, 0.1) is 29.1 Å². The summed E-state index contributed by atoms with van der Waals surface area (Å²) in [6.07, 6.45) is -2.05. The average molecular weight is 485 g/mol. The minimum Gasteiger partial charge on any atom is -0.463 e. The molecule has 0 aliphatic carbocycles. The van der Waals surface area contributed by atoms with Gasteiger partial charge >= 0.3 is 12.1 Å². The Bertz CT molecular complexity index is 1200. The third kappa shape index (κ3) is 5.83. The zero-order valence-electron chi connectivity index (χ0n) is 16.7. The number of fused-ring (bicyclic) bond motifs is 1. The number of alkyl halides is 3. The zero-order valence-corrected chi connectivity index (χ0v) is 18.3. The monoisotopic (exact) mass is 484 g/mol. The Morgan fingerprint density at radius 1 is 1.19 bits per heavy atom. The molecule has 0 unspecified atom stereocenters. The number of rotatable bonds is 7. The molecular formula is C22H17Cl2F3N2O3. The van der Waals surface area contributed by atoms with Crippen LogP contribution < -0.4 is 0 Å². The molecule has 5 nitrogen and oxygen atoms in total. The Kier molecular flexibility index (Phi) is 7.16. The first-order valence-electron chi connectivity index (χ1n) is 9.19. The second-order valence-corrected chi connectivity index (χ2v) is 7.61. The normalized spacial score (nSPS) is 11.8. The summed E-state index contributed by atoms with van der Waals surface area (Å²) in [5.74, 6) is -0.325. The minimum atomic E-state index is -4.52. The summed E-state index contributed by atoms with van der Waals surface area (Å²) in [6, 6.07) is 8.09. The quantitative estimate of drug-likeness (QED) is 0.167. The van der Waals surface area contributed by atoms with Gasteiger partial charge in [-0.05, 0) is 48.9 Å². The summed E-state index contributed by atoms with van der Waals surface area (Å²) in [4.78, 5) is 11.9. The molecule has 168 valence electrons. The van der Waals surface area contributed by atoms with Crippen molar-refractivity contribution in [1.82, 2.24) is 9.78 Å². The number of nitrogens with zero attached hydrogens (tertiary/aromatic N) is 2. The van der Waals surface area contributed by atoms with E-state index in [1.165, 1.54) is 22.9 Å². The van der Waals surface area contributed by atoms with E-state index in [2.05, 4.69) is 11.7 Å². The van der Waals surface area contributed by atoms with Crippen LogP contribution >= 0.6 is 23.2 Å². The second kappa shape index (κ2) is 9.67. The van der Waals surface area contributed by atoms with Crippen molar-refractivity contribution < 1.29 is 27.4 Å². The molecule has 0 amide bonds. The second-order valence-electron chi connectivity index (χ2n) is 6.77. The molecule has 0 saturated heterocycles. The molecule has 32 heavy (non-hydrogen) atoms. The largest absolute Gasteiger partial charge is 0.463 e. The van der Waals surface area contributed by atoms with E-state index in [4.69, 9.17) is 32.7 Å². The van der Waals surface area contributed by atoms with Crippen molar-refractivity contribution >= 4 is 46.2 Å². The lowest BCUT2D eigenvalue weighted by Gasteiger charge is -2.09. The Morgan fingerprint density at radius 2 is 1.94 bits per heavy atom. The van der Waals surface area contributed by atoms with Gasteiger partial charge in [-0.25, -0.2) is 4.79 Å². The topological polar surface area (TPSA) is 53.4 Å². The maximum atomic E-state index is 13.3.